The fourth-order valence-corrected chi connectivity index (χ4v) is 6.12. The first-order valence-electron chi connectivity index (χ1n) is 9.53. The lowest BCUT2D eigenvalue weighted by Gasteiger charge is -2.55. The maximum Gasteiger partial charge on any atom is 0.356 e. The van der Waals surface area contributed by atoms with Crippen LogP contribution in [-0.4, -0.2) is 31.5 Å². The monoisotopic (exact) mass is 464 g/mol. The molecule has 6 rings (SSSR count). The number of hydrogen-bond donors (Lipinski definition) is 2. The van der Waals surface area contributed by atoms with Crippen LogP contribution in [0.4, 0.5) is 5.69 Å². The fourth-order valence-electron chi connectivity index (χ4n) is 5.71. The van der Waals surface area contributed by atoms with Gasteiger partial charge in [-0.15, -0.1) is 0 Å². The largest absolute Gasteiger partial charge is 0.476 e. The molecule has 0 spiro atoms. The molecule has 1 amide bonds. The minimum atomic E-state index is -1.23. The number of fused-ring (bicyclic) bond motifs is 1. The minimum absolute atomic E-state index is 0.00778. The van der Waals surface area contributed by atoms with E-state index in [0.717, 1.165) is 47.6 Å². The quantitative estimate of drug-likeness (QED) is 0.526. The highest BCUT2D eigenvalue weighted by molar-refractivity contribution is 9.10. The summed E-state index contributed by atoms with van der Waals surface area (Å²) < 4.78 is 1.61. The molecular formula is C19H21BrN4O5. The van der Waals surface area contributed by atoms with Crippen molar-refractivity contribution in [2.75, 3.05) is 0 Å². The van der Waals surface area contributed by atoms with Crippen molar-refractivity contribution in [3.63, 3.8) is 0 Å². The summed E-state index contributed by atoms with van der Waals surface area (Å²) in [6, 6.07) is 2.45. The van der Waals surface area contributed by atoms with E-state index in [1.165, 1.54) is 31.5 Å². The Kier molecular flexibility index (Phi) is 4.84. The molecule has 9 nitrogen and oxygen atoms in total. The normalized spacial score (nSPS) is 29.3. The molecule has 3 N–H and O–H groups in total. The molecule has 10 heteroatoms. The zero-order valence-electron chi connectivity index (χ0n) is 15.6. The molecule has 4 aliphatic rings. The van der Waals surface area contributed by atoms with Crippen molar-refractivity contribution in [2.45, 2.75) is 38.5 Å². The molecule has 4 bridgehead atoms. The molecule has 0 atom stereocenters. The Hall–Kier alpha value is -2.49. The van der Waals surface area contributed by atoms with Crippen LogP contribution in [0.15, 0.2) is 22.8 Å². The summed E-state index contributed by atoms with van der Waals surface area (Å²) in [6.07, 6.45) is 8.91. The lowest BCUT2D eigenvalue weighted by molar-refractivity contribution is -0.383. The van der Waals surface area contributed by atoms with Crippen molar-refractivity contribution < 1.29 is 19.6 Å². The molecule has 0 unspecified atom stereocenters. The van der Waals surface area contributed by atoms with Crippen molar-refractivity contribution in [1.29, 1.82) is 0 Å². The summed E-state index contributed by atoms with van der Waals surface area (Å²) >= 11 is 3.09. The van der Waals surface area contributed by atoms with Crippen LogP contribution in [0.3, 0.4) is 0 Å². The average Bonchev–Trinajstić information content (AvgIpc) is 3.04. The van der Waals surface area contributed by atoms with Gasteiger partial charge in [-0.05, 0) is 72.2 Å². The number of carboxylic acids is 1. The van der Waals surface area contributed by atoms with Crippen LogP contribution in [0.5, 0.6) is 0 Å². The van der Waals surface area contributed by atoms with Gasteiger partial charge in [0, 0.05) is 28.2 Å². The van der Waals surface area contributed by atoms with Gasteiger partial charge in [0.1, 0.15) is 5.52 Å². The standard InChI is InChI=1S/C11H17NO.C8H4BrN3O4/c12-10(13)11-4-7-1-8(5-11)3-9(2-7)6-11;9-4-1-7(12(15)16)6-2-5(8(13)14)10-11(6)3-4/h7-9H,1-6H2,(H2,12,13);1-3H,(H,13,14). The Morgan fingerprint density at radius 3 is 2.21 bits per heavy atom. The molecule has 0 aliphatic heterocycles. The third-order valence-corrected chi connectivity index (χ3v) is 6.93. The number of rotatable bonds is 3. The average molecular weight is 465 g/mol. The molecular weight excluding hydrogens is 444 g/mol. The number of amides is 1. The maximum atomic E-state index is 11.5. The molecule has 0 radical (unpaired) electrons. The zero-order chi connectivity index (χ0) is 20.9. The Balaban J connectivity index is 0.000000144. The van der Waals surface area contributed by atoms with Crippen LogP contribution >= 0.6 is 15.9 Å². The number of aromatic carboxylic acids is 1. The molecule has 2 heterocycles. The fraction of sp³-hybridized carbons (Fsp3) is 0.526. The van der Waals surface area contributed by atoms with E-state index in [0.29, 0.717) is 4.47 Å². The van der Waals surface area contributed by atoms with Gasteiger partial charge in [-0.2, -0.15) is 5.10 Å². The second kappa shape index (κ2) is 7.08. The Morgan fingerprint density at radius 1 is 1.21 bits per heavy atom. The molecule has 29 heavy (non-hydrogen) atoms. The first kappa shape index (κ1) is 19.8. The van der Waals surface area contributed by atoms with E-state index in [4.69, 9.17) is 10.8 Å². The molecule has 0 saturated heterocycles. The van der Waals surface area contributed by atoms with E-state index in [-0.39, 0.29) is 28.2 Å². The molecule has 0 aromatic carbocycles. The summed E-state index contributed by atoms with van der Waals surface area (Å²) in [5, 5.41) is 23.2. The lowest BCUT2D eigenvalue weighted by atomic mass is 9.49. The maximum absolute atomic E-state index is 11.5. The van der Waals surface area contributed by atoms with E-state index in [1.54, 1.807) is 0 Å². The molecule has 2 aromatic rings. The number of nitrogens with zero attached hydrogens (tertiary/aromatic N) is 3. The van der Waals surface area contributed by atoms with E-state index >= 15 is 0 Å². The first-order chi connectivity index (χ1) is 13.7. The van der Waals surface area contributed by atoms with Gasteiger partial charge >= 0.3 is 5.97 Å². The third-order valence-electron chi connectivity index (χ3n) is 6.50. The van der Waals surface area contributed by atoms with E-state index in [1.807, 2.05) is 0 Å². The predicted molar refractivity (Wildman–Crippen MR) is 106 cm³/mol. The van der Waals surface area contributed by atoms with Crippen molar-refractivity contribution in [3.8, 4) is 0 Å². The molecule has 4 saturated carbocycles. The number of hydrogen-bond acceptors (Lipinski definition) is 5. The number of carboxylic acid groups (broad SMARTS) is 1. The number of halogens is 1. The Labute approximate surface area is 174 Å². The highest BCUT2D eigenvalue weighted by Gasteiger charge is 2.53. The predicted octanol–water partition coefficient (Wildman–Crippen LogP) is 3.39. The second-order valence-corrected chi connectivity index (χ2v) is 9.44. The smallest absolute Gasteiger partial charge is 0.356 e. The molecule has 4 aliphatic carbocycles. The number of aromatic nitrogens is 2. The van der Waals surface area contributed by atoms with Crippen LogP contribution < -0.4 is 5.73 Å². The highest BCUT2D eigenvalue weighted by Crippen LogP contribution is 2.59. The van der Waals surface area contributed by atoms with Crippen molar-refractivity contribution in [2.24, 2.45) is 28.9 Å². The van der Waals surface area contributed by atoms with Gasteiger partial charge < -0.3 is 10.8 Å². The second-order valence-electron chi connectivity index (χ2n) is 8.53. The van der Waals surface area contributed by atoms with Crippen molar-refractivity contribution in [1.82, 2.24) is 9.61 Å². The van der Waals surface area contributed by atoms with Gasteiger partial charge in [-0.3, -0.25) is 14.9 Å². The lowest BCUT2D eigenvalue weighted by Crippen LogP contribution is -2.52. The van der Waals surface area contributed by atoms with E-state index < -0.39 is 10.9 Å². The summed E-state index contributed by atoms with van der Waals surface area (Å²) in [6.45, 7) is 0. The van der Waals surface area contributed by atoms with Crippen LogP contribution in [0.2, 0.25) is 0 Å². The van der Waals surface area contributed by atoms with Gasteiger partial charge in [0.2, 0.25) is 5.91 Å². The van der Waals surface area contributed by atoms with Gasteiger partial charge in [0.15, 0.2) is 5.69 Å². The number of pyridine rings is 1. The van der Waals surface area contributed by atoms with Crippen molar-refractivity contribution >= 4 is 39.0 Å². The summed E-state index contributed by atoms with van der Waals surface area (Å²) in [5.74, 6) is 1.26. The summed E-state index contributed by atoms with van der Waals surface area (Å²) in [7, 11) is 0. The highest BCUT2D eigenvalue weighted by atomic mass is 79.9. The van der Waals surface area contributed by atoms with E-state index in [9.17, 15) is 19.7 Å². The Morgan fingerprint density at radius 2 is 1.76 bits per heavy atom. The number of primary amides is 1. The van der Waals surface area contributed by atoms with Gasteiger partial charge in [0.25, 0.3) is 5.69 Å². The first-order valence-corrected chi connectivity index (χ1v) is 10.3. The third kappa shape index (κ3) is 3.61. The van der Waals surface area contributed by atoms with E-state index in [2.05, 4.69) is 21.0 Å². The molecule has 2 aromatic heterocycles. The summed E-state index contributed by atoms with van der Waals surface area (Å²) in [5.41, 5.74) is 5.20. The minimum Gasteiger partial charge on any atom is -0.476 e. The molecule has 154 valence electrons. The number of carbonyl (C=O) groups excluding carboxylic acids is 1. The topological polar surface area (TPSA) is 141 Å². The Bertz CT molecular complexity index is 982. The van der Waals surface area contributed by atoms with Crippen molar-refractivity contribution in [3.05, 3.63) is 38.6 Å². The summed E-state index contributed by atoms with van der Waals surface area (Å²) in [4.78, 5) is 32.3. The van der Waals surface area contributed by atoms with Crippen LogP contribution in [0.25, 0.3) is 5.52 Å². The molecule has 4 fully saturated rings. The SMILES string of the molecule is NC(=O)C12CC3CC(CC(C3)C1)C2.O=C(O)c1cc2c([N+](=O)[O-])cc(Br)cn2n1. The van der Waals surface area contributed by atoms with Crippen LogP contribution in [0, 0.1) is 33.3 Å². The number of nitro groups is 1. The van der Waals surface area contributed by atoms with Gasteiger partial charge in [0.05, 0.1) is 4.92 Å². The number of nitrogens with two attached hydrogens (primary N) is 1. The van der Waals surface area contributed by atoms with Gasteiger partial charge in [-0.1, -0.05) is 0 Å². The van der Waals surface area contributed by atoms with Crippen LogP contribution in [0.1, 0.15) is 49.0 Å². The van der Waals surface area contributed by atoms with Crippen LogP contribution in [-0.2, 0) is 4.79 Å². The van der Waals surface area contributed by atoms with Gasteiger partial charge in [-0.25, -0.2) is 9.31 Å². The zero-order valence-corrected chi connectivity index (χ0v) is 17.2. The number of carbonyl (C=O) groups is 2.